The second kappa shape index (κ2) is 6.64. The Hall–Kier alpha value is -2.22. The predicted molar refractivity (Wildman–Crippen MR) is 73.8 cm³/mol. The van der Waals surface area contributed by atoms with Crippen LogP contribution in [0.1, 0.15) is 30.6 Å². The van der Waals surface area contributed by atoms with Gasteiger partial charge in [-0.05, 0) is 26.0 Å². The van der Waals surface area contributed by atoms with Crippen molar-refractivity contribution in [2.75, 3.05) is 19.4 Å². The van der Waals surface area contributed by atoms with Gasteiger partial charge in [0.15, 0.2) is 0 Å². The van der Waals surface area contributed by atoms with E-state index >= 15 is 0 Å². The Labute approximate surface area is 113 Å². The molecule has 1 aromatic rings. The molecule has 1 amide bonds. The maximum Gasteiger partial charge on any atom is 0.259 e. The highest BCUT2D eigenvalue weighted by atomic mass is 16.5. The number of benzene rings is 1. The van der Waals surface area contributed by atoms with Gasteiger partial charge in [0, 0.05) is 18.3 Å². The topological polar surface area (TPSA) is 79.3 Å². The summed E-state index contributed by atoms with van der Waals surface area (Å²) in [7, 11) is 1.50. The van der Waals surface area contributed by atoms with Gasteiger partial charge in [-0.2, -0.15) is 5.26 Å². The monoisotopic (exact) mass is 261 g/mol. The van der Waals surface area contributed by atoms with Gasteiger partial charge in [-0.3, -0.25) is 4.79 Å². The van der Waals surface area contributed by atoms with E-state index in [1.165, 1.54) is 7.11 Å². The van der Waals surface area contributed by atoms with Gasteiger partial charge in [0.25, 0.3) is 5.91 Å². The van der Waals surface area contributed by atoms with Gasteiger partial charge in [-0.15, -0.1) is 0 Å². The van der Waals surface area contributed by atoms with E-state index in [9.17, 15) is 4.79 Å². The van der Waals surface area contributed by atoms with Crippen LogP contribution >= 0.6 is 0 Å². The number of nitrogens with zero attached hydrogens (tertiary/aromatic N) is 2. The number of nitriles is 1. The van der Waals surface area contributed by atoms with E-state index in [1.807, 2.05) is 19.9 Å². The summed E-state index contributed by atoms with van der Waals surface area (Å²) in [5.41, 5.74) is 6.61. The SMILES string of the molecule is COc1cccc(N)c1C(=O)N(CCC#N)C(C)C. The molecule has 0 aliphatic rings. The van der Waals surface area contributed by atoms with Crippen LogP contribution < -0.4 is 10.5 Å². The number of rotatable bonds is 5. The average Bonchev–Trinajstić information content (AvgIpc) is 2.38. The number of carbonyl (C=O) groups excluding carboxylic acids is 1. The molecule has 0 aromatic heterocycles. The number of hydrogen-bond acceptors (Lipinski definition) is 4. The van der Waals surface area contributed by atoms with E-state index in [0.29, 0.717) is 30.0 Å². The molecule has 0 bridgehead atoms. The van der Waals surface area contributed by atoms with Crippen LogP contribution in [0.3, 0.4) is 0 Å². The van der Waals surface area contributed by atoms with Crippen molar-refractivity contribution in [3.8, 4) is 11.8 Å². The molecule has 5 heteroatoms. The van der Waals surface area contributed by atoms with Crippen LogP contribution in [0.4, 0.5) is 5.69 Å². The van der Waals surface area contributed by atoms with Crippen molar-refractivity contribution in [2.24, 2.45) is 0 Å². The Morgan fingerprint density at radius 2 is 2.21 bits per heavy atom. The first-order chi connectivity index (χ1) is 9.02. The average molecular weight is 261 g/mol. The fraction of sp³-hybridized carbons (Fsp3) is 0.429. The number of nitrogen functional groups attached to an aromatic ring is 1. The number of methoxy groups -OCH3 is 1. The van der Waals surface area contributed by atoms with Crippen molar-refractivity contribution in [1.82, 2.24) is 4.90 Å². The highest BCUT2D eigenvalue weighted by Gasteiger charge is 2.23. The van der Waals surface area contributed by atoms with E-state index in [2.05, 4.69) is 0 Å². The molecule has 0 saturated heterocycles. The van der Waals surface area contributed by atoms with Gasteiger partial charge in [-0.25, -0.2) is 0 Å². The summed E-state index contributed by atoms with van der Waals surface area (Å²) in [4.78, 5) is 14.2. The maximum absolute atomic E-state index is 12.5. The van der Waals surface area contributed by atoms with Crippen LogP contribution in [-0.2, 0) is 0 Å². The molecule has 0 fully saturated rings. The zero-order valence-corrected chi connectivity index (χ0v) is 11.5. The van der Waals surface area contributed by atoms with Gasteiger partial charge in [0.1, 0.15) is 11.3 Å². The molecule has 102 valence electrons. The molecule has 0 saturated carbocycles. The number of hydrogen-bond donors (Lipinski definition) is 1. The molecule has 0 atom stereocenters. The van der Waals surface area contributed by atoms with Crippen molar-refractivity contribution < 1.29 is 9.53 Å². The zero-order valence-electron chi connectivity index (χ0n) is 11.5. The number of nitrogens with two attached hydrogens (primary N) is 1. The minimum Gasteiger partial charge on any atom is -0.496 e. The van der Waals surface area contributed by atoms with Gasteiger partial charge >= 0.3 is 0 Å². The van der Waals surface area contributed by atoms with E-state index in [-0.39, 0.29) is 11.9 Å². The first-order valence-corrected chi connectivity index (χ1v) is 6.13. The molecule has 1 aromatic carbocycles. The van der Waals surface area contributed by atoms with Gasteiger partial charge in [-0.1, -0.05) is 6.07 Å². The summed E-state index contributed by atoms with van der Waals surface area (Å²) in [5, 5.41) is 8.67. The maximum atomic E-state index is 12.5. The number of carbonyl (C=O) groups is 1. The predicted octanol–water partition coefficient (Wildman–Crippen LogP) is 2.04. The van der Waals surface area contributed by atoms with Crippen molar-refractivity contribution in [3.63, 3.8) is 0 Å². The van der Waals surface area contributed by atoms with Crippen LogP contribution in [0.25, 0.3) is 0 Å². The number of anilines is 1. The second-order valence-electron chi connectivity index (χ2n) is 4.42. The first-order valence-electron chi connectivity index (χ1n) is 6.13. The quantitative estimate of drug-likeness (QED) is 0.822. The standard InChI is InChI=1S/C14H19N3O2/c1-10(2)17(9-5-8-15)14(18)13-11(16)6-4-7-12(13)19-3/h4,6-7,10H,5,9,16H2,1-3H3. The van der Waals surface area contributed by atoms with Crippen LogP contribution in [0.5, 0.6) is 5.75 Å². The number of ether oxygens (including phenoxy) is 1. The largest absolute Gasteiger partial charge is 0.496 e. The van der Waals surface area contributed by atoms with Crippen LogP contribution in [-0.4, -0.2) is 30.5 Å². The molecule has 0 spiro atoms. The van der Waals surface area contributed by atoms with Gasteiger partial charge < -0.3 is 15.4 Å². The van der Waals surface area contributed by atoms with Gasteiger partial charge in [0.05, 0.1) is 19.6 Å². The Balaban J connectivity index is 3.13. The normalized spacial score (nSPS) is 10.1. The molecule has 19 heavy (non-hydrogen) atoms. The van der Waals surface area contributed by atoms with Crippen molar-refractivity contribution in [2.45, 2.75) is 26.3 Å². The molecule has 0 unspecified atom stereocenters. The minimum absolute atomic E-state index is 0.00911. The summed E-state index contributed by atoms with van der Waals surface area (Å²) < 4.78 is 5.19. The van der Waals surface area contributed by atoms with Gasteiger partial charge in [0.2, 0.25) is 0 Å². The van der Waals surface area contributed by atoms with E-state index in [4.69, 9.17) is 15.7 Å². The van der Waals surface area contributed by atoms with Crippen LogP contribution in [0.15, 0.2) is 18.2 Å². The van der Waals surface area contributed by atoms with Crippen LogP contribution in [0, 0.1) is 11.3 Å². The third-order valence-electron chi connectivity index (χ3n) is 2.84. The minimum atomic E-state index is -0.208. The van der Waals surface area contributed by atoms with E-state index in [0.717, 1.165) is 0 Å². The fourth-order valence-electron chi connectivity index (χ4n) is 1.86. The summed E-state index contributed by atoms with van der Waals surface area (Å²) in [6, 6.07) is 7.14. The third-order valence-corrected chi connectivity index (χ3v) is 2.84. The molecule has 0 aliphatic carbocycles. The van der Waals surface area contributed by atoms with Crippen LogP contribution in [0.2, 0.25) is 0 Å². The summed E-state index contributed by atoms with van der Waals surface area (Å²) in [6.07, 6.45) is 0.291. The lowest BCUT2D eigenvalue weighted by Gasteiger charge is -2.27. The molecule has 1 rings (SSSR count). The van der Waals surface area contributed by atoms with E-state index < -0.39 is 0 Å². The lowest BCUT2D eigenvalue weighted by atomic mass is 10.1. The Morgan fingerprint density at radius 3 is 2.74 bits per heavy atom. The Kier molecular flexibility index (Phi) is 5.19. The molecule has 0 heterocycles. The highest BCUT2D eigenvalue weighted by molar-refractivity contribution is 6.02. The van der Waals surface area contributed by atoms with Crippen molar-refractivity contribution in [1.29, 1.82) is 5.26 Å². The Bertz CT molecular complexity index is 492. The summed E-state index contributed by atoms with van der Waals surface area (Å²) in [5.74, 6) is 0.243. The lowest BCUT2D eigenvalue weighted by molar-refractivity contribution is 0.0708. The second-order valence-corrected chi connectivity index (χ2v) is 4.42. The molecule has 0 radical (unpaired) electrons. The molecular weight excluding hydrogens is 242 g/mol. The smallest absolute Gasteiger partial charge is 0.259 e. The molecular formula is C14H19N3O2. The number of amides is 1. The molecule has 2 N–H and O–H groups in total. The van der Waals surface area contributed by atoms with Crippen molar-refractivity contribution in [3.05, 3.63) is 23.8 Å². The third kappa shape index (κ3) is 3.38. The van der Waals surface area contributed by atoms with E-state index in [1.54, 1.807) is 23.1 Å². The molecule has 0 aliphatic heterocycles. The van der Waals surface area contributed by atoms with Crippen molar-refractivity contribution >= 4 is 11.6 Å². The summed E-state index contributed by atoms with van der Waals surface area (Å²) >= 11 is 0. The summed E-state index contributed by atoms with van der Waals surface area (Å²) in [6.45, 7) is 4.19. The first kappa shape index (κ1) is 14.8. The highest BCUT2D eigenvalue weighted by Crippen LogP contribution is 2.26. The lowest BCUT2D eigenvalue weighted by Crippen LogP contribution is -2.38. The Morgan fingerprint density at radius 1 is 1.53 bits per heavy atom. The fourth-order valence-corrected chi connectivity index (χ4v) is 1.86. The molecule has 5 nitrogen and oxygen atoms in total. The zero-order chi connectivity index (χ0) is 14.4.